The molecular formula is C47H76O18. The molecule has 65 heavy (non-hydrogen) atoms. The van der Waals surface area contributed by atoms with E-state index in [4.69, 9.17) is 28.4 Å². The van der Waals surface area contributed by atoms with E-state index in [-0.39, 0.29) is 52.6 Å². The molecule has 372 valence electrons. The summed E-state index contributed by atoms with van der Waals surface area (Å²) in [7, 11) is 0. The van der Waals surface area contributed by atoms with Crippen LogP contribution in [0.3, 0.4) is 0 Å². The SMILES string of the molecule is CC1(C)CC[C@]2(C(=O)O[C@@H]3O[C@H](CO)[C@@H](O)[C@H](O)[C@H]3O)CC[C@]3(C)C(=CC[C@@H]4[C@@]5(C)CC[C@H](O[C@@H]6OC[C@H](O)[C@H](O)[C@H]6O[C@@H]6O[C@H](CO)[C@H](O)[C@H](O)[C@H]6O)[C@@](C)(CO)[C@@H]5CC[C@]43C)[C@@H]2C1. The molecule has 3 heterocycles. The maximum Gasteiger partial charge on any atom is 0.315 e. The van der Waals surface area contributed by atoms with E-state index in [9.17, 15) is 61.0 Å². The minimum absolute atomic E-state index is 0.0240. The Kier molecular flexibility index (Phi) is 13.7. The summed E-state index contributed by atoms with van der Waals surface area (Å²) in [6, 6.07) is 0. The highest BCUT2D eigenvalue weighted by atomic mass is 16.8. The van der Waals surface area contributed by atoms with Gasteiger partial charge in [0.05, 0.1) is 37.9 Å². The fraction of sp³-hybridized carbons (Fsp3) is 0.936. The van der Waals surface area contributed by atoms with Crippen LogP contribution in [-0.2, 0) is 33.2 Å². The number of hydrogen-bond acceptors (Lipinski definition) is 18. The van der Waals surface area contributed by atoms with Crippen molar-refractivity contribution in [2.45, 2.75) is 198 Å². The third-order valence-corrected chi connectivity index (χ3v) is 19.1. The summed E-state index contributed by atoms with van der Waals surface area (Å²) in [5.41, 5.74) is -1.32. The van der Waals surface area contributed by atoms with E-state index >= 15 is 0 Å². The van der Waals surface area contributed by atoms with Crippen molar-refractivity contribution in [2.75, 3.05) is 26.4 Å². The Morgan fingerprint density at radius 3 is 1.92 bits per heavy atom. The maximum atomic E-state index is 14.7. The molecule has 0 unspecified atom stereocenters. The molecule has 0 aromatic carbocycles. The second-order valence-corrected chi connectivity index (χ2v) is 22.9. The van der Waals surface area contributed by atoms with Crippen molar-refractivity contribution < 1.29 is 89.4 Å². The first-order chi connectivity index (χ1) is 30.5. The number of ether oxygens (including phenoxy) is 6. The predicted octanol–water partition coefficient (Wildman–Crippen LogP) is -0.248. The summed E-state index contributed by atoms with van der Waals surface area (Å²) >= 11 is 0. The van der Waals surface area contributed by atoms with Gasteiger partial charge < -0.3 is 84.6 Å². The van der Waals surface area contributed by atoms with Gasteiger partial charge in [0.25, 0.3) is 0 Å². The molecule has 0 radical (unpaired) electrons. The highest BCUT2D eigenvalue weighted by Crippen LogP contribution is 2.76. The molecule has 0 spiro atoms. The number of carbonyl (C=O) groups is 1. The van der Waals surface area contributed by atoms with Crippen molar-refractivity contribution in [1.82, 2.24) is 0 Å². The summed E-state index contributed by atoms with van der Waals surface area (Å²) < 4.78 is 35.9. The molecule has 3 aliphatic heterocycles. The highest BCUT2D eigenvalue weighted by molar-refractivity contribution is 5.79. The molecule has 23 atom stereocenters. The number of esters is 1. The zero-order valence-electron chi connectivity index (χ0n) is 38.6. The smallest absolute Gasteiger partial charge is 0.315 e. The number of rotatable bonds is 9. The normalized spacial score (nSPS) is 54.3. The first-order valence-corrected chi connectivity index (χ1v) is 23.9. The van der Waals surface area contributed by atoms with Gasteiger partial charge in [0.2, 0.25) is 6.29 Å². The zero-order valence-corrected chi connectivity index (χ0v) is 38.6. The highest BCUT2D eigenvalue weighted by Gasteiger charge is 2.70. The molecule has 4 saturated carbocycles. The lowest BCUT2D eigenvalue weighted by molar-refractivity contribution is -0.368. The van der Waals surface area contributed by atoms with Crippen LogP contribution in [0.15, 0.2) is 11.6 Å². The molecule has 8 aliphatic rings. The van der Waals surface area contributed by atoms with Gasteiger partial charge in [-0.2, -0.15) is 0 Å². The Bertz CT molecular complexity index is 1760. The first kappa shape index (κ1) is 50.0. The van der Waals surface area contributed by atoms with Crippen molar-refractivity contribution in [1.29, 1.82) is 0 Å². The molecule has 18 nitrogen and oxygen atoms in total. The molecule has 0 bridgehead atoms. The van der Waals surface area contributed by atoms with Crippen molar-refractivity contribution in [2.24, 2.45) is 50.2 Å². The first-order valence-electron chi connectivity index (χ1n) is 23.9. The summed E-state index contributed by atoms with van der Waals surface area (Å²) in [5, 5.41) is 116. The van der Waals surface area contributed by atoms with Crippen LogP contribution in [0.1, 0.15) is 106 Å². The second-order valence-electron chi connectivity index (χ2n) is 22.9. The van der Waals surface area contributed by atoms with Crippen LogP contribution in [0.2, 0.25) is 0 Å². The molecule has 7 fully saturated rings. The lowest BCUT2D eigenvalue weighted by Crippen LogP contribution is -2.67. The van der Waals surface area contributed by atoms with E-state index in [2.05, 4.69) is 40.7 Å². The van der Waals surface area contributed by atoms with Gasteiger partial charge >= 0.3 is 5.97 Å². The Balaban J connectivity index is 1.04. The summed E-state index contributed by atoms with van der Waals surface area (Å²) in [6.07, 6.45) is -12.7. The van der Waals surface area contributed by atoms with Crippen molar-refractivity contribution >= 4 is 5.97 Å². The fourth-order valence-corrected chi connectivity index (χ4v) is 14.8. The van der Waals surface area contributed by atoms with E-state index < -0.39 is 122 Å². The van der Waals surface area contributed by atoms with E-state index in [1.54, 1.807) is 0 Å². The molecule has 0 aromatic rings. The number of aliphatic hydroxyl groups is 11. The van der Waals surface area contributed by atoms with Crippen molar-refractivity contribution in [3.05, 3.63) is 11.6 Å². The van der Waals surface area contributed by atoms with Crippen molar-refractivity contribution in [3.8, 4) is 0 Å². The van der Waals surface area contributed by atoms with E-state index in [1.165, 1.54) is 5.57 Å². The summed E-state index contributed by atoms with van der Waals surface area (Å²) in [5.74, 6) is -0.510. The molecule has 0 aromatic heterocycles. The van der Waals surface area contributed by atoms with Gasteiger partial charge in [0.15, 0.2) is 12.6 Å². The predicted molar refractivity (Wildman–Crippen MR) is 226 cm³/mol. The number of carbonyl (C=O) groups excluding carboxylic acids is 1. The Morgan fingerprint density at radius 1 is 0.677 bits per heavy atom. The van der Waals surface area contributed by atoms with Crippen LogP contribution in [-0.4, -0.2) is 181 Å². The van der Waals surface area contributed by atoms with Crippen molar-refractivity contribution in [3.63, 3.8) is 0 Å². The van der Waals surface area contributed by atoms with E-state index in [0.29, 0.717) is 25.7 Å². The Hall–Kier alpha value is -1.43. The average Bonchev–Trinajstić information content (AvgIpc) is 3.27. The number of allylic oxidation sites excluding steroid dienone is 2. The average molecular weight is 929 g/mol. The standard InChI is InChI=1S/C47H76O18/c1-42(2)13-15-47(41(59)65-39-36(58)34(56)32(54)26(19-49)62-39)16-14-45(5)22(23(47)17-42)7-8-28-43(3)11-10-29(44(4,21-50)27(43)9-12-46(28,45)6)63-40-37(30(52)24(51)20-60-40)64-38-35(57)33(55)31(53)25(18-48)61-38/h7,23-40,48-58H,8-21H2,1-6H3/t23-,24-,25+,26+,27+,28+,29-,30-,31-,32+,33-,34-,35+,36+,37+,38-,39-,40-,43-,44-,45+,46+,47-/m0/s1. The summed E-state index contributed by atoms with van der Waals surface area (Å²) in [4.78, 5) is 14.7. The minimum Gasteiger partial charge on any atom is -0.432 e. The van der Waals surface area contributed by atoms with Gasteiger partial charge in [-0.1, -0.05) is 53.2 Å². The number of aliphatic hydroxyl groups excluding tert-OH is 11. The Labute approximate surface area is 380 Å². The molecule has 11 N–H and O–H groups in total. The van der Waals surface area contributed by atoms with Gasteiger partial charge in [-0.25, -0.2) is 0 Å². The number of hydrogen-bond donors (Lipinski definition) is 11. The molecular weight excluding hydrogens is 852 g/mol. The third kappa shape index (κ3) is 7.80. The zero-order chi connectivity index (χ0) is 47.4. The molecule has 3 saturated heterocycles. The van der Waals surface area contributed by atoms with Crippen LogP contribution in [0, 0.1) is 50.2 Å². The van der Waals surface area contributed by atoms with Gasteiger partial charge in [-0.3, -0.25) is 4.79 Å². The summed E-state index contributed by atoms with van der Waals surface area (Å²) in [6.45, 7) is 11.8. The maximum absolute atomic E-state index is 14.7. The van der Waals surface area contributed by atoms with Crippen LogP contribution >= 0.6 is 0 Å². The molecule has 0 amide bonds. The molecule has 18 heteroatoms. The number of fused-ring (bicyclic) bond motifs is 7. The quantitative estimate of drug-likeness (QED) is 0.0808. The largest absolute Gasteiger partial charge is 0.432 e. The van der Waals surface area contributed by atoms with Gasteiger partial charge in [-0.15, -0.1) is 0 Å². The lowest BCUT2D eigenvalue weighted by Gasteiger charge is -2.71. The second kappa shape index (κ2) is 17.8. The van der Waals surface area contributed by atoms with E-state index in [1.807, 2.05) is 6.92 Å². The minimum atomic E-state index is -1.77. The van der Waals surface area contributed by atoms with Crippen LogP contribution in [0.25, 0.3) is 0 Å². The van der Waals surface area contributed by atoms with Crippen LogP contribution in [0.4, 0.5) is 0 Å². The van der Waals surface area contributed by atoms with Crippen LogP contribution in [0.5, 0.6) is 0 Å². The lowest BCUT2D eigenvalue weighted by atomic mass is 9.33. The van der Waals surface area contributed by atoms with Gasteiger partial charge in [-0.05, 0) is 104 Å². The fourth-order valence-electron chi connectivity index (χ4n) is 14.8. The van der Waals surface area contributed by atoms with Crippen LogP contribution < -0.4 is 0 Å². The molecule has 5 aliphatic carbocycles. The van der Waals surface area contributed by atoms with Gasteiger partial charge in [0.1, 0.15) is 67.1 Å². The Morgan fingerprint density at radius 2 is 1.29 bits per heavy atom. The topological polar surface area (TPSA) is 295 Å². The van der Waals surface area contributed by atoms with Gasteiger partial charge in [0, 0.05) is 5.41 Å². The van der Waals surface area contributed by atoms with E-state index in [0.717, 1.165) is 38.5 Å². The molecule has 8 rings (SSSR count). The monoisotopic (exact) mass is 929 g/mol. The third-order valence-electron chi connectivity index (χ3n) is 19.1.